The van der Waals surface area contributed by atoms with Crippen molar-refractivity contribution in [3.8, 4) is 0 Å². The SMILES string of the molecule is Cc1nnc(C)o1.Cc1nnc(C)s1.Cc1noc(C)c1C.Cc1noc(C)c1C.Cc1noc(C)c1C.Cc1nonc1C.Cc1nsc(C)c1C.Cc1nsc(C)c1C.Cc1oc(C)c(C)c1C.Cc1oc(C)c(C)c1C. The molecule has 18 nitrogen and oxygen atoms in total. The summed E-state index contributed by atoms with van der Waals surface area (Å²) in [5.74, 6) is 8.19. The maximum Gasteiger partial charge on any atom is 0.213 e. The largest absolute Gasteiger partial charge is 0.466 e. The van der Waals surface area contributed by atoms with Gasteiger partial charge in [-0.25, -0.2) is 4.63 Å². The maximum atomic E-state index is 5.34. The van der Waals surface area contributed by atoms with Gasteiger partial charge in [-0.1, -0.05) is 25.8 Å². The van der Waals surface area contributed by atoms with Gasteiger partial charge < -0.3 is 26.8 Å². The molecule has 0 bridgehead atoms. The molecule has 0 aliphatic rings. The molecule has 0 aromatic carbocycles. The molecule has 0 radical (unpaired) electrons. The second-order valence-electron chi connectivity index (χ2n) is 18.8. The van der Waals surface area contributed by atoms with Gasteiger partial charge in [0.2, 0.25) is 11.8 Å². The van der Waals surface area contributed by atoms with Crippen molar-refractivity contribution in [2.45, 2.75) is 201 Å². The average molecular weight is 1150 g/mol. The quantitative estimate of drug-likeness (QED) is 0.137. The van der Waals surface area contributed by atoms with Crippen molar-refractivity contribution in [2.24, 2.45) is 0 Å². The zero-order valence-electron chi connectivity index (χ0n) is 52.5. The molecule has 79 heavy (non-hydrogen) atoms. The number of nitrogens with zero attached hydrogens (tertiary/aromatic N) is 11. The molecule has 21 heteroatoms. The third-order valence-corrected chi connectivity index (χ3v) is 15.6. The fourth-order valence-electron chi connectivity index (χ4n) is 5.53. The second-order valence-corrected chi connectivity index (χ2v) is 22.1. The van der Waals surface area contributed by atoms with Gasteiger partial charge in [0.25, 0.3) is 0 Å². The summed E-state index contributed by atoms with van der Waals surface area (Å²) in [6.07, 6.45) is 0. The summed E-state index contributed by atoms with van der Waals surface area (Å²) >= 11 is 4.78. The summed E-state index contributed by atoms with van der Waals surface area (Å²) < 4.78 is 42.7. The molecule has 0 amide bonds. The minimum atomic E-state index is 0.623. The Morgan fingerprint density at radius 2 is 0.532 bits per heavy atom. The van der Waals surface area contributed by atoms with Gasteiger partial charge in [0.05, 0.1) is 28.5 Å². The van der Waals surface area contributed by atoms with Crippen LogP contribution in [0.3, 0.4) is 0 Å². The molecule has 10 heterocycles. The molecule has 10 rings (SSSR count). The van der Waals surface area contributed by atoms with E-state index in [-0.39, 0.29) is 0 Å². The lowest BCUT2D eigenvalue weighted by Gasteiger charge is -1.85. The Morgan fingerprint density at radius 3 is 0.608 bits per heavy atom. The summed E-state index contributed by atoms with van der Waals surface area (Å²) in [6, 6.07) is 0. The first-order valence-corrected chi connectivity index (χ1v) is 27.9. The molecule has 0 N–H and O–H groups in total. The molecule has 10 aromatic heterocycles. The Kier molecular flexibility index (Phi) is 30.6. The van der Waals surface area contributed by atoms with Gasteiger partial charge in [-0.15, -0.1) is 31.7 Å². The van der Waals surface area contributed by atoms with Crippen LogP contribution in [0.25, 0.3) is 0 Å². The summed E-state index contributed by atoms with van der Waals surface area (Å²) in [6.45, 7) is 57.5. The van der Waals surface area contributed by atoms with Gasteiger partial charge in [-0.05, 0) is 243 Å². The van der Waals surface area contributed by atoms with Crippen LogP contribution in [0.2, 0.25) is 0 Å². The molecule has 0 aliphatic carbocycles. The van der Waals surface area contributed by atoms with Crippen LogP contribution in [0, 0.1) is 201 Å². The average Bonchev–Trinajstić information content (AvgIpc) is 4.36. The number of aryl methyl sites for hydroxylation is 20. The number of furan rings is 2. The van der Waals surface area contributed by atoms with Crippen molar-refractivity contribution in [3.63, 3.8) is 0 Å². The number of hydrogen-bond acceptors (Lipinski definition) is 21. The summed E-state index contributed by atoms with van der Waals surface area (Å²) in [5, 5.41) is 35.1. The molecule has 0 spiro atoms. The second kappa shape index (κ2) is 34.3. The first-order valence-electron chi connectivity index (χ1n) is 25.5. The third kappa shape index (κ3) is 24.5. The Hall–Kier alpha value is -6.71. The van der Waals surface area contributed by atoms with E-state index in [9.17, 15) is 0 Å². The summed E-state index contributed by atoms with van der Waals surface area (Å²) in [4.78, 5) is 2.67. The number of rotatable bonds is 0. The van der Waals surface area contributed by atoms with Crippen LogP contribution in [0.5, 0.6) is 0 Å². The molecule has 0 fully saturated rings. The van der Waals surface area contributed by atoms with E-state index in [1.54, 1.807) is 48.2 Å². The first-order chi connectivity index (χ1) is 36.7. The maximum absolute atomic E-state index is 5.34. The fraction of sp³-hybridized carbons (Fsp3) is 0.500. The standard InChI is InChI=1S/2C8H12O.3C6H9NO.2C6H9NS.2C4H6N2O.C4H6N2S/c2*1-5-6(2)8(4)9-7(5)3;5*1-4-5(2)7-8-6(4)3;1-3-5-6-4(2)7-3;1-3-4(2)6-7-5-3;1-3-5-6-4(2)7-3/h2*1-4H3;5*1-3H3;3*1-2H3. The Labute approximate surface area is 480 Å². The van der Waals surface area contributed by atoms with Crippen molar-refractivity contribution < 1.29 is 31.4 Å². The van der Waals surface area contributed by atoms with Gasteiger partial charge >= 0.3 is 0 Å². The molecule has 0 atom stereocenters. The molecule has 434 valence electrons. The molecular formula is C58H87N11O7S3. The minimum Gasteiger partial charge on any atom is -0.466 e. The number of aromatic nitrogens is 11. The van der Waals surface area contributed by atoms with Gasteiger partial charge in [0.1, 0.15) is 61.7 Å². The van der Waals surface area contributed by atoms with Gasteiger partial charge in [0.15, 0.2) is 0 Å². The van der Waals surface area contributed by atoms with Crippen LogP contribution in [0.15, 0.2) is 31.4 Å². The van der Waals surface area contributed by atoms with E-state index < -0.39 is 0 Å². The molecular weight excluding hydrogens is 1060 g/mol. The minimum absolute atomic E-state index is 0.623. The van der Waals surface area contributed by atoms with Gasteiger partial charge in [0, 0.05) is 40.3 Å². The van der Waals surface area contributed by atoms with E-state index in [1.807, 2.05) is 132 Å². The van der Waals surface area contributed by atoms with Crippen molar-refractivity contribution >= 4 is 34.4 Å². The lowest BCUT2D eigenvalue weighted by molar-refractivity contribution is 0.302. The highest BCUT2D eigenvalue weighted by Crippen LogP contribution is 2.20. The van der Waals surface area contributed by atoms with Crippen LogP contribution in [-0.4, -0.2) is 54.9 Å². The van der Waals surface area contributed by atoms with Crippen LogP contribution in [0.1, 0.15) is 162 Å². The number of hydrogen-bond donors (Lipinski definition) is 0. The van der Waals surface area contributed by atoms with Crippen molar-refractivity contribution in [2.75, 3.05) is 0 Å². The first kappa shape index (κ1) is 70.3. The van der Waals surface area contributed by atoms with Crippen LogP contribution < -0.4 is 0 Å². The Bertz CT molecular complexity index is 2790. The highest BCUT2D eigenvalue weighted by atomic mass is 32.1. The van der Waals surface area contributed by atoms with E-state index in [1.165, 1.54) is 54.5 Å². The predicted molar refractivity (Wildman–Crippen MR) is 317 cm³/mol. The summed E-state index contributed by atoms with van der Waals surface area (Å²) in [5.41, 5.74) is 18.3. The molecule has 0 saturated heterocycles. The monoisotopic (exact) mass is 1150 g/mol. The smallest absolute Gasteiger partial charge is 0.213 e. The highest BCUT2D eigenvalue weighted by Gasteiger charge is 2.06. The molecule has 0 unspecified atom stereocenters. The van der Waals surface area contributed by atoms with Crippen LogP contribution in [0.4, 0.5) is 0 Å². The normalized spacial score (nSPS) is 9.84. The fourth-order valence-corrected chi connectivity index (χ4v) is 7.51. The van der Waals surface area contributed by atoms with Crippen LogP contribution >= 0.6 is 34.4 Å². The molecule has 0 saturated carbocycles. The van der Waals surface area contributed by atoms with E-state index in [0.717, 1.165) is 95.5 Å². The summed E-state index contributed by atoms with van der Waals surface area (Å²) in [7, 11) is 0. The zero-order valence-corrected chi connectivity index (χ0v) is 55.0. The third-order valence-electron chi connectivity index (χ3n) is 12.9. The van der Waals surface area contributed by atoms with E-state index in [4.69, 9.17) is 26.8 Å². The van der Waals surface area contributed by atoms with E-state index in [2.05, 4.69) is 115 Å². The zero-order chi connectivity index (χ0) is 60.6. The lowest BCUT2D eigenvalue weighted by Crippen LogP contribution is -1.73. The predicted octanol–water partition coefficient (Wildman–Crippen LogP) is 16.5. The van der Waals surface area contributed by atoms with E-state index in [0.29, 0.717) is 11.8 Å². The van der Waals surface area contributed by atoms with Crippen molar-refractivity contribution in [3.05, 3.63) is 162 Å². The molecule has 0 aliphatic heterocycles. The van der Waals surface area contributed by atoms with Gasteiger partial charge in [-0.2, -0.15) is 8.75 Å². The Balaban J connectivity index is 0.000000439. The van der Waals surface area contributed by atoms with Crippen molar-refractivity contribution in [1.82, 2.24) is 54.9 Å². The van der Waals surface area contributed by atoms with E-state index >= 15 is 0 Å². The van der Waals surface area contributed by atoms with Crippen molar-refractivity contribution in [1.29, 1.82) is 0 Å². The topological polar surface area (TPSA) is 234 Å². The Morgan fingerprint density at radius 1 is 0.253 bits per heavy atom. The van der Waals surface area contributed by atoms with Gasteiger partial charge in [-0.3, -0.25) is 0 Å². The van der Waals surface area contributed by atoms with Crippen LogP contribution in [-0.2, 0) is 0 Å². The highest BCUT2D eigenvalue weighted by molar-refractivity contribution is 7.11. The lowest BCUT2D eigenvalue weighted by atomic mass is 10.2. The molecule has 10 aromatic rings.